The molecule has 2 rings (SSSR count). The van der Waals surface area contributed by atoms with Crippen molar-refractivity contribution in [1.29, 1.82) is 0 Å². The number of aromatic carboxylic acids is 4. The summed E-state index contributed by atoms with van der Waals surface area (Å²) in [5.74, 6) is -5.18. The Kier molecular flexibility index (Phi) is 9.91. The van der Waals surface area contributed by atoms with E-state index in [0.29, 0.717) is 0 Å². The third kappa shape index (κ3) is 7.12. The minimum atomic E-state index is -1.31. The standard InChI is InChI=1S/2C8H5ClO4.Hf/c2*9-4-1-2-5(7(10)11)6(3-4)8(12)13;/h2*1-3H,(H,10,11)(H,12,13);. The summed E-state index contributed by atoms with van der Waals surface area (Å²) in [6.45, 7) is 0. The number of carbonyl (C=O) groups is 4. The average Bonchev–Trinajstić information content (AvgIpc) is 2.54. The van der Waals surface area contributed by atoms with Gasteiger partial charge >= 0.3 is 23.9 Å². The Hall–Kier alpha value is -2.23. The number of rotatable bonds is 4. The van der Waals surface area contributed by atoms with Crippen LogP contribution in [0.1, 0.15) is 41.4 Å². The van der Waals surface area contributed by atoms with Gasteiger partial charge in [0.1, 0.15) is 0 Å². The molecular weight excluding hydrogens is 570 g/mol. The predicted octanol–water partition coefficient (Wildman–Crippen LogP) is 3.47. The molecule has 0 atom stereocenters. The van der Waals surface area contributed by atoms with Crippen molar-refractivity contribution >= 4 is 47.1 Å². The normalized spacial score (nSPS) is 9.26. The number of carboxylic acid groups (broad SMARTS) is 4. The SMILES string of the molecule is O=C(O)c1ccc(Cl)cc1C(=O)O.O=C(O)c1ccc(Cl)cc1C(=O)O.[Hf]. The van der Waals surface area contributed by atoms with Gasteiger partial charge in [-0.15, -0.1) is 0 Å². The van der Waals surface area contributed by atoms with E-state index < -0.39 is 23.9 Å². The number of halogens is 2. The first-order valence-corrected chi connectivity index (χ1v) is 7.32. The van der Waals surface area contributed by atoms with E-state index >= 15 is 0 Å². The average molecular weight is 580 g/mol. The van der Waals surface area contributed by atoms with Crippen LogP contribution in [-0.2, 0) is 25.8 Å². The topological polar surface area (TPSA) is 149 Å². The van der Waals surface area contributed by atoms with Crippen molar-refractivity contribution < 1.29 is 65.4 Å². The van der Waals surface area contributed by atoms with Crippen molar-refractivity contribution in [3.8, 4) is 0 Å². The van der Waals surface area contributed by atoms with Gasteiger partial charge in [0.2, 0.25) is 0 Å². The van der Waals surface area contributed by atoms with Gasteiger partial charge in [0, 0.05) is 35.9 Å². The van der Waals surface area contributed by atoms with E-state index in [1.807, 2.05) is 0 Å². The van der Waals surface area contributed by atoms with Crippen LogP contribution in [0.15, 0.2) is 36.4 Å². The number of hydrogen-bond acceptors (Lipinski definition) is 4. The monoisotopic (exact) mass is 580 g/mol. The molecule has 0 radical (unpaired) electrons. The largest absolute Gasteiger partial charge is 0.478 e. The fourth-order valence-corrected chi connectivity index (χ4v) is 2.10. The maximum absolute atomic E-state index is 10.6. The van der Waals surface area contributed by atoms with Gasteiger partial charge in [-0.25, -0.2) is 19.2 Å². The van der Waals surface area contributed by atoms with E-state index in [1.165, 1.54) is 12.1 Å². The Balaban J connectivity index is 0.000000483. The zero-order chi connectivity index (χ0) is 20.0. The molecule has 2 aromatic rings. The summed E-state index contributed by atoms with van der Waals surface area (Å²) in [6.07, 6.45) is 0. The fraction of sp³-hybridized carbons (Fsp3) is 0. The Labute approximate surface area is 180 Å². The minimum absolute atomic E-state index is 0. The van der Waals surface area contributed by atoms with E-state index in [9.17, 15) is 19.2 Å². The molecule has 0 aliphatic heterocycles. The van der Waals surface area contributed by atoms with Gasteiger partial charge in [0.05, 0.1) is 22.3 Å². The van der Waals surface area contributed by atoms with Gasteiger partial charge in [-0.3, -0.25) is 0 Å². The second-order valence-electron chi connectivity index (χ2n) is 4.60. The number of carboxylic acids is 4. The first kappa shape index (κ1) is 24.8. The summed E-state index contributed by atoms with van der Waals surface area (Å²) in [6, 6.07) is 7.19. The summed E-state index contributed by atoms with van der Waals surface area (Å²) >= 11 is 11.0. The van der Waals surface area contributed by atoms with Gasteiger partial charge in [-0.2, -0.15) is 0 Å². The maximum Gasteiger partial charge on any atom is 0.336 e. The van der Waals surface area contributed by atoms with Gasteiger partial charge in [0.15, 0.2) is 0 Å². The molecule has 4 N–H and O–H groups in total. The molecule has 27 heavy (non-hydrogen) atoms. The number of benzene rings is 2. The summed E-state index contributed by atoms with van der Waals surface area (Å²) in [4.78, 5) is 42.2. The molecule has 8 nitrogen and oxygen atoms in total. The van der Waals surface area contributed by atoms with E-state index in [0.717, 1.165) is 24.3 Å². The van der Waals surface area contributed by atoms with Gasteiger partial charge < -0.3 is 20.4 Å². The molecule has 0 spiro atoms. The van der Waals surface area contributed by atoms with E-state index in [2.05, 4.69) is 0 Å². The molecule has 0 fully saturated rings. The first-order valence-electron chi connectivity index (χ1n) is 6.56. The van der Waals surface area contributed by atoms with Crippen LogP contribution in [0.25, 0.3) is 0 Å². The smallest absolute Gasteiger partial charge is 0.336 e. The second kappa shape index (κ2) is 10.8. The van der Waals surface area contributed by atoms with Crippen LogP contribution in [0.4, 0.5) is 0 Å². The Morgan fingerprint density at radius 2 is 0.815 bits per heavy atom. The van der Waals surface area contributed by atoms with E-state index in [1.54, 1.807) is 0 Å². The first-order chi connectivity index (χ1) is 12.0. The molecule has 0 aromatic heterocycles. The van der Waals surface area contributed by atoms with Crippen LogP contribution in [-0.4, -0.2) is 44.3 Å². The van der Waals surface area contributed by atoms with Gasteiger partial charge in [-0.05, 0) is 36.4 Å². The van der Waals surface area contributed by atoms with E-state index in [4.69, 9.17) is 43.6 Å². The molecule has 0 aliphatic carbocycles. The zero-order valence-corrected chi connectivity index (χ0v) is 18.2. The third-order valence-corrected chi connectivity index (χ3v) is 3.36. The molecule has 11 heteroatoms. The summed E-state index contributed by atoms with van der Waals surface area (Å²) in [7, 11) is 0. The molecule has 0 bridgehead atoms. The maximum atomic E-state index is 10.6. The Bertz CT molecular complexity index is 824. The van der Waals surface area contributed by atoms with E-state index in [-0.39, 0.29) is 58.1 Å². The fourth-order valence-electron chi connectivity index (χ4n) is 1.76. The molecule has 140 valence electrons. The van der Waals surface area contributed by atoms with Crippen molar-refractivity contribution in [3.05, 3.63) is 68.7 Å². The summed E-state index contributed by atoms with van der Waals surface area (Å²) in [5.41, 5.74) is -1.14. The molecular formula is C16H10Cl2HfO8. The molecule has 2 aromatic carbocycles. The van der Waals surface area contributed by atoms with Crippen LogP contribution in [0.2, 0.25) is 10.0 Å². The van der Waals surface area contributed by atoms with Gasteiger partial charge in [-0.1, -0.05) is 23.2 Å². The second-order valence-corrected chi connectivity index (χ2v) is 5.47. The van der Waals surface area contributed by atoms with Crippen LogP contribution < -0.4 is 0 Å². The zero-order valence-electron chi connectivity index (χ0n) is 13.1. The van der Waals surface area contributed by atoms with Crippen LogP contribution >= 0.6 is 23.2 Å². The van der Waals surface area contributed by atoms with Gasteiger partial charge in [0.25, 0.3) is 0 Å². The van der Waals surface area contributed by atoms with Crippen molar-refractivity contribution in [2.24, 2.45) is 0 Å². The van der Waals surface area contributed by atoms with Crippen LogP contribution in [0.5, 0.6) is 0 Å². The molecule has 0 aliphatic rings. The predicted molar refractivity (Wildman–Crippen MR) is 90.7 cm³/mol. The van der Waals surface area contributed by atoms with Crippen LogP contribution in [0, 0.1) is 0 Å². The molecule has 0 amide bonds. The molecule has 0 unspecified atom stereocenters. The summed E-state index contributed by atoms with van der Waals surface area (Å²) in [5, 5.41) is 34.8. The molecule has 0 saturated heterocycles. The molecule has 0 saturated carbocycles. The van der Waals surface area contributed by atoms with Crippen molar-refractivity contribution in [2.45, 2.75) is 0 Å². The van der Waals surface area contributed by atoms with Crippen molar-refractivity contribution in [3.63, 3.8) is 0 Å². The quantitative estimate of drug-likeness (QED) is 0.403. The summed E-state index contributed by atoms with van der Waals surface area (Å²) < 4.78 is 0. The van der Waals surface area contributed by atoms with Crippen molar-refractivity contribution in [2.75, 3.05) is 0 Å². The number of hydrogen-bond donors (Lipinski definition) is 4. The molecule has 0 heterocycles. The minimum Gasteiger partial charge on any atom is -0.478 e. The third-order valence-electron chi connectivity index (χ3n) is 2.88. The van der Waals surface area contributed by atoms with Crippen molar-refractivity contribution in [1.82, 2.24) is 0 Å². The Morgan fingerprint density at radius 3 is 1.04 bits per heavy atom. The van der Waals surface area contributed by atoms with Crippen LogP contribution in [0.3, 0.4) is 0 Å². The Morgan fingerprint density at radius 1 is 0.556 bits per heavy atom.